The molecule has 0 N–H and O–H groups in total. The van der Waals surface area contributed by atoms with Crippen LogP contribution >= 0.6 is 34.2 Å². The molecule has 0 spiro atoms. The molecule has 11 heavy (non-hydrogen) atoms. The number of rotatable bonds is 0. The van der Waals surface area contributed by atoms with Gasteiger partial charge in [-0.2, -0.15) is 5.26 Å². The summed E-state index contributed by atoms with van der Waals surface area (Å²) in [4.78, 5) is 0. The molecule has 0 bridgehead atoms. The van der Waals surface area contributed by atoms with E-state index in [2.05, 4.69) is 0 Å². The van der Waals surface area contributed by atoms with Crippen LogP contribution in [0.3, 0.4) is 0 Å². The Morgan fingerprint density at radius 3 is 2.73 bits per heavy atom. The Labute approximate surface area is 81.9 Å². The summed E-state index contributed by atoms with van der Waals surface area (Å²) in [7, 11) is 0. The fourth-order valence-corrected chi connectivity index (χ4v) is 1.43. The molecule has 0 heterocycles. The first-order valence-electron chi connectivity index (χ1n) is 2.70. The Morgan fingerprint density at radius 1 is 1.55 bits per heavy atom. The zero-order valence-electron chi connectivity index (χ0n) is 5.24. The Kier molecular flexibility index (Phi) is 2.68. The first-order chi connectivity index (χ1) is 5.16. The Morgan fingerprint density at radius 2 is 2.18 bits per heavy atom. The molecule has 0 aromatic heterocycles. The molecule has 0 unspecified atom stereocenters. The predicted molar refractivity (Wildman–Crippen MR) is 48.8 cm³/mol. The van der Waals surface area contributed by atoms with Gasteiger partial charge in [0, 0.05) is 0 Å². The van der Waals surface area contributed by atoms with Crippen LogP contribution in [0.4, 0.5) is 4.39 Å². The van der Waals surface area contributed by atoms with Gasteiger partial charge in [0.25, 0.3) is 0 Å². The summed E-state index contributed by atoms with van der Waals surface area (Å²) in [5.41, 5.74) is 0.171. The molecule has 1 nitrogen and oxygen atoms in total. The minimum absolute atomic E-state index is 0.0978. The lowest BCUT2D eigenvalue weighted by molar-refractivity contribution is 0.620. The van der Waals surface area contributed by atoms with E-state index >= 15 is 0 Å². The van der Waals surface area contributed by atoms with Crippen molar-refractivity contribution in [2.45, 2.75) is 0 Å². The van der Waals surface area contributed by atoms with Crippen molar-refractivity contribution in [1.29, 1.82) is 5.26 Å². The highest BCUT2D eigenvalue weighted by Crippen LogP contribution is 2.23. The number of hydrogen-bond donors (Lipinski definition) is 0. The maximum atomic E-state index is 12.9. The van der Waals surface area contributed by atoms with E-state index in [1.165, 1.54) is 12.1 Å². The van der Waals surface area contributed by atoms with Crippen molar-refractivity contribution in [2.24, 2.45) is 0 Å². The van der Waals surface area contributed by atoms with Crippen LogP contribution in [0.2, 0.25) is 5.02 Å². The standard InChI is InChI=1S/C7H2ClFIN/c8-6-4(3-11)1-2-5(10)7(6)9/h1-2H. The summed E-state index contributed by atoms with van der Waals surface area (Å²) in [5, 5.41) is 8.33. The molecule has 0 radical (unpaired) electrons. The Hall–Kier alpha value is -0.340. The van der Waals surface area contributed by atoms with Gasteiger partial charge in [0.15, 0.2) is 5.82 Å². The lowest BCUT2D eigenvalue weighted by Crippen LogP contribution is -1.86. The molecule has 0 aliphatic carbocycles. The van der Waals surface area contributed by atoms with Crippen molar-refractivity contribution in [1.82, 2.24) is 0 Å². The third-order valence-corrected chi connectivity index (χ3v) is 2.36. The van der Waals surface area contributed by atoms with E-state index in [0.717, 1.165) is 0 Å². The molecule has 0 atom stereocenters. The van der Waals surface area contributed by atoms with E-state index < -0.39 is 5.82 Å². The molecule has 0 saturated carbocycles. The van der Waals surface area contributed by atoms with Crippen LogP contribution in [0.15, 0.2) is 12.1 Å². The van der Waals surface area contributed by atoms with E-state index in [4.69, 9.17) is 16.9 Å². The lowest BCUT2D eigenvalue weighted by atomic mass is 10.2. The third kappa shape index (κ3) is 1.63. The topological polar surface area (TPSA) is 23.8 Å². The maximum Gasteiger partial charge on any atom is 0.156 e. The highest BCUT2D eigenvalue weighted by atomic mass is 127. The van der Waals surface area contributed by atoms with Crippen LogP contribution in [-0.2, 0) is 0 Å². The number of benzene rings is 1. The monoisotopic (exact) mass is 281 g/mol. The van der Waals surface area contributed by atoms with E-state index in [1.54, 1.807) is 6.07 Å². The summed E-state index contributed by atoms with van der Waals surface area (Å²) >= 11 is 7.31. The van der Waals surface area contributed by atoms with Crippen molar-refractivity contribution >= 4 is 34.2 Å². The van der Waals surface area contributed by atoms with Crippen LogP contribution in [-0.4, -0.2) is 0 Å². The quantitative estimate of drug-likeness (QED) is 0.530. The van der Waals surface area contributed by atoms with Crippen LogP contribution in [0, 0.1) is 20.7 Å². The Bertz CT molecular complexity index is 332. The van der Waals surface area contributed by atoms with Gasteiger partial charge in [-0.25, -0.2) is 4.39 Å². The molecule has 0 aliphatic rings. The molecule has 1 rings (SSSR count). The van der Waals surface area contributed by atoms with Crippen molar-refractivity contribution < 1.29 is 4.39 Å². The van der Waals surface area contributed by atoms with Gasteiger partial charge in [0.2, 0.25) is 0 Å². The largest absolute Gasteiger partial charge is 0.204 e. The van der Waals surface area contributed by atoms with Gasteiger partial charge in [0.1, 0.15) is 6.07 Å². The highest BCUT2D eigenvalue weighted by molar-refractivity contribution is 14.1. The first kappa shape index (κ1) is 8.75. The zero-order chi connectivity index (χ0) is 8.43. The van der Waals surface area contributed by atoms with Crippen LogP contribution in [0.25, 0.3) is 0 Å². The number of halogens is 3. The van der Waals surface area contributed by atoms with E-state index in [-0.39, 0.29) is 10.6 Å². The van der Waals surface area contributed by atoms with Gasteiger partial charge < -0.3 is 0 Å². The molecule has 1 aromatic carbocycles. The Balaban J connectivity index is 3.40. The molecular formula is C7H2ClFIN. The van der Waals surface area contributed by atoms with Crippen molar-refractivity contribution in [2.75, 3.05) is 0 Å². The van der Waals surface area contributed by atoms with Crippen LogP contribution in [0.5, 0.6) is 0 Å². The molecule has 0 saturated heterocycles. The summed E-state index contributed by atoms with van der Waals surface area (Å²) in [6.07, 6.45) is 0. The van der Waals surface area contributed by atoms with Gasteiger partial charge in [-0.1, -0.05) is 11.6 Å². The predicted octanol–water partition coefficient (Wildman–Crippen LogP) is 2.96. The van der Waals surface area contributed by atoms with Crippen molar-refractivity contribution in [3.05, 3.63) is 32.1 Å². The molecule has 0 fully saturated rings. The van der Waals surface area contributed by atoms with E-state index in [1.807, 2.05) is 22.6 Å². The van der Waals surface area contributed by atoms with Gasteiger partial charge >= 0.3 is 0 Å². The second-order valence-corrected chi connectivity index (χ2v) is 3.37. The normalized spacial score (nSPS) is 9.27. The van der Waals surface area contributed by atoms with Crippen LogP contribution < -0.4 is 0 Å². The van der Waals surface area contributed by atoms with Gasteiger partial charge in [-0.3, -0.25) is 0 Å². The number of hydrogen-bond acceptors (Lipinski definition) is 1. The SMILES string of the molecule is N#Cc1ccc(I)c(F)c1Cl. The fraction of sp³-hybridized carbons (Fsp3) is 0. The number of nitriles is 1. The molecule has 1 aromatic rings. The third-order valence-electron chi connectivity index (χ3n) is 1.16. The average Bonchev–Trinajstić information content (AvgIpc) is 2.01. The maximum absolute atomic E-state index is 12.9. The smallest absolute Gasteiger partial charge is 0.156 e. The molecule has 4 heteroatoms. The average molecular weight is 281 g/mol. The fourth-order valence-electron chi connectivity index (χ4n) is 0.612. The van der Waals surface area contributed by atoms with Gasteiger partial charge in [-0.05, 0) is 34.7 Å². The molecule has 0 amide bonds. The summed E-state index contributed by atoms with van der Waals surface area (Å²) in [6.45, 7) is 0. The number of nitrogens with zero attached hydrogens (tertiary/aromatic N) is 1. The van der Waals surface area contributed by atoms with Gasteiger partial charge in [-0.15, -0.1) is 0 Å². The molecule has 0 aliphatic heterocycles. The minimum atomic E-state index is -0.522. The van der Waals surface area contributed by atoms with E-state index in [0.29, 0.717) is 3.57 Å². The van der Waals surface area contributed by atoms with Crippen molar-refractivity contribution in [3.8, 4) is 6.07 Å². The molecular weight excluding hydrogens is 279 g/mol. The van der Waals surface area contributed by atoms with Crippen LogP contribution in [0.1, 0.15) is 5.56 Å². The second-order valence-electron chi connectivity index (χ2n) is 1.83. The van der Waals surface area contributed by atoms with Gasteiger partial charge in [0.05, 0.1) is 14.2 Å². The second kappa shape index (κ2) is 3.37. The minimum Gasteiger partial charge on any atom is -0.204 e. The summed E-state index contributed by atoms with van der Waals surface area (Å²) in [5.74, 6) is -0.522. The highest BCUT2D eigenvalue weighted by Gasteiger charge is 2.08. The van der Waals surface area contributed by atoms with E-state index in [9.17, 15) is 4.39 Å². The zero-order valence-corrected chi connectivity index (χ0v) is 8.15. The first-order valence-corrected chi connectivity index (χ1v) is 4.16. The lowest BCUT2D eigenvalue weighted by Gasteiger charge is -1.97. The molecule has 56 valence electrons. The summed E-state index contributed by atoms with van der Waals surface area (Å²) in [6, 6.07) is 4.80. The summed E-state index contributed by atoms with van der Waals surface area (Å²) < 4.78 is 13.3. The van der Waals surface area contributed by atoms with Crippen molar-refractivity contribution in [3.63, 3.8) is 0 Å².